The molecule has 5 heteroatoms. The van der Waals surface area contributed by atoms with Crippen LogP contribution in [0.5, 0.6) is 0 Å². The summed E-state index contributed by atoms with van der Waals surface area (Å²) in [5.74, 6) is -0.398. The van der Waals surface area contributed by atoms with Gasteiger partial charge in [-0.1, -0.05) is 263 Å². The quantitative estimate of drug-likeness (QED) is 0.0345. The molecule has 0 radical (unpaired) electrons. The van der Waals surface area contributed by atoms with E-state index in [4.69, 9.17) is 14.2 Å². The summed E-state index contributed by atoms with van der Waals surface area (Å²) in [5.41, 5.74) is 0. The lowest BCUT2D eigenvalue weighted by Crippen LogP contribution is -2.30. The first kappa shape index (κ1) is 64.1. The number of allylic oxidation sites excluding steroid dienone is 6. The van der Waals surface area contributed by atoms with Crippen molar-refractivity contribution in [2.45, 2.75) is 322 Å². The Morgan fingerprint density at radius 2 is 0.636 bits per heavy atom. The zero-order chi connectivity index (χ0) is 47.7. The minimum Gasteiger partial charge on any atom is -0.462 e. The van der Waals surface area contributed by atoms with Crippen molar-refractivity contribution in [1.29, 1.82) is 0 Å². The molecule has 1 unspecified atom stereocenters. The van der Waals surface area contributed by atoms with Crippen molar-refractivity contribution in [3.05, 3.63) is 36.5 Å². The van der Waals surface area contributed by atoms with E-state index in [9.17, 15) is 9.59 Å². The summed E-state index contributed by atoms with van der Waals surface area (Å²) in [6.07, 6.45) is 70.3. The molecule has 0 amide bonds. The summed E-state index contributed by atoms with van der Waals surface area (Å²) in [6, 6.07) is 0. The number of rotatable bonds is 55. The summed E-state index contributed by atoms with van der Waals surface area (Å²) in [5, 5.41) is 0. The molecule has 0 aromatic heterocycles. The fraction of sp³-hybridized carbons (Fsp3) is 0.869. The molecular weight excluding hydrogens is 813 g/mol. The summed E-state index contributed by atoms with van der Waals surface area (Å²) in [6.45, 7) is 7.84. The van der Waals surface area contributed by atoms with Gasteiger partial charge < -0.3 is 14.2 Å². The normalized spacial score (nSPS) is 12.3. The van der Waals surface area contributed by atoms with Gasteiger partial charge in [-0.2, -0.15) is 0 Å². The van der Waals surface area contributed by atoms with Crippen molar-refractivity contribution < 1.29 is 23.8 Å². The number of unbranched alkanes of at least 4 members (excludes halogenated alkanes) is 38. The minimum absolute atomic E-state index is 0.0830. The number of hydrogen-bond donors (Lipinski definition) is 0. The molecule has 0 aliphatic carbocycles. The molecule has 388 valence electrons. The van der Waals surface area contributed by atoms with Crippen molar-refractivity contribution in [3.63, 3.8) is 0 Å². The maximum absolute atomic E-state index is 12.8. The van der Waals surface area contributed by atoms with E-state index in [1.54, 1.807) is 0 Å². The average Bonchev–Trinajstić information content (AvgIpc) is 3.32. The molecule has 0 saturated carbocycles. The highest BCUT2D eigenvalue weighted by molar-refractivity contribution is 5.70. The Labute approximate surface area is 412 Å². The van der Waals surface area contributed by atoms with Gasteiger partial charge in [-0.05, 0) is 77.0 Å². The first-order chi connectivity index (χ1) is 32.6. The lowest BCUT2D eigenvalue weighted by molar-refractivity contribution is -0.163. The molecule has 0 rings (SSSR count). The largest absolute Gasteiger partial charge is 0.462 e. The fourth-order valence-corrected chi connectivity index (χ4v) is 8.71. The topological polar surface area (TPSA) is 61.8 Å². The van der Waals surface area contributed by atoms with Gasteiger partial charge in [0.25, 0.3) is 0 Å². The number of ether oxygens (including phenoxy) is 3. The Kier molecular flexibility index (Phi) is 55.8. The Bertz CT molecular complexity index is 1050. The molecule has 0 aromatic rings. The van der Waals surface area contributed by atoms with Crippen LogP contribution in [0, 0.1) is 0 Å². The van der Waals surface area contributed by atoms with Gasteiger partial charge in [0.05, 0.1) is 6.61 Å². The lowest BCUT2D eigenvalue weighted by Gasteiger charge is -2.18. The van der Waals surface area contributed by atoms with Gasteiger partial charge in [0.15, 0.2) is 6.10 Å². The average molecular weight is 928 g/mol. The Morgan fingerprint density at radius 3 is 1.06 bits per heavy atom. The van der Waals surface area contributed by atoms with Gasteiger partial charge in [0.2, 0.25) is 0 Å². The molecule has 0 bridgehead atoms. The van der Waals surface area contributed by atoms with Crippen LogP contribution >= 0.6 is 0 Å². The number of carbonyl (C=O) groups is 2. The Morgan fingerprint density at radius 1 is 0.333 bits per heavy atom. The molecule has 0 fully saturated rings. The van der Waals surface area contributed by atoms with Crippen LogP contribution in [-0.4, -0.2) is 37.9 Å². The Hall–Kier alpha value is -1.88. The molecule has 5 nitrogen and oxygen atoms in total. The predicted molar refractivity (Wildman–Crippen MR) is 288 cm³/mol. The standard InChI is InChI=1S/C61H114O5/c1-4-7-10-13-16-19-22-25-27-29-30-31-33-35-38-41-44-47-50-53-56-64-57-59(66-61(63)55-52-49-46-43-40-36-24-21-18-15-12-9-6-3)58-65-60(62)54-51-48-45-42-39-37-34-32-28-26-23-20-17-14-11-8-5-2/h17,20-21,24,26,28,59H,4-16,18-19,22-23,25,27,29-58H2,1-3H3/b20-17-,24-21-,28-26-. The Balaban J connectivity index is 4.21. The molecule has 0 aromatic carbocycles. The number of esters is 2. The summed E-state index contributed by atoms with van der Waals surface area (Å²) in [4.78, 5) is 25.5. The van der Waals surface area contributed by atoms with Gasteiger partial charge in [-0.15, -0.1) is 0 Å². The molecule has 0 heterocycles. The highest BCUT2D eigenvalue weighted by Gasteiger charge is 2.17. The van der Waals surface area contributed by atoms with Gasteiger partial charge in [-0.3, -0.25) is 9.59 Å². The first-order valence-electron chi connectivity index (χ1n) is 29.5. The monoisotopic (exact) mass is 927 g/mol. The molecule has 0 aliphatic heterocycles. The smallest absolute Gasteiger partial charge is 0.306 e. The minimum atomic E-state index is -0.540. The third kappa shape index (κ3) is 54.7. The van der Waals surface area contributed by atoms with Crippen LogP contribution in [0.4, 0.5) is 0 Å². The molecule has 0 N–H and O–H groups in total. The second-order valence-corrected chi connectivity index (χ2v) is 19.9. The third-order valence-electron chi connectivity index (χ3n) is 13.1. The molecule has 0 saturated heterocycles. The zero-order valence-corrected chi connectivity index (χ0v) is 44.7. The predicted octanol–water partition coefficient (Wildman–Crippen LogP) is 20.1. The van der Waals surface area contributed by atoms with Crippen LogP contribution in [0.15, 0.2) is 36.5 Å². The van der Waals surface area contributed by atoms with Crippen molar-refractivity contribution in [1.82, 2.24) is 0 Å². The van der Waals surface area contributed by atoms with E-state index in [1.807, 2.05) is 0 Å². The summed E-state index contributed by atoms with van der Waals surface area (Å²) >= 11 is 0. The van der Waals surface area contributed by atoms with E-state index in [-0.39, 0.29) is 25.2 Å². The SMILES string of the molecule is CCCCC/C=C\C/C=C\CCCCCCCCCC(=O)OCC(COCCCCCCCCCCCCCCCCCCCCCC)OC(=O)CCCCCCC/C=C\CCCCCC. The van der Waals surface area contributed by atoms with Gasteiger partial charge in [0.1, 0.15) is 6.61 Å². The number of carbonyl (C=O) groups excluding carboxylic acids is 2. The maximum Gasteiger partial charge on any atom is 0.306 e. The van der Waals surface area contributed by atoms with E-state index < -0.39 is 6.10 Å². The van der Waals surface area contributed by atoms with Crippen molar-refractivity contribution in [2.75, 3.05) is 19.8 Å². The molecule has 1 atom stereocenters. The van der Waals surface area contributed by atoms with Crippen molar-refractivity contribution in [2.24, 2.45) is 0 Å². The first-order valence-corrected chi connectivity index (χ1v) is 29.5. The lowest BCUT2D eigenvalue weighted by atomic mass is 10.0. The molecule has 0 aliphatic rings. The molecular formula is C61H114O5. The van der Waals surface area contributed by atoms with Gasteiger partial charge >= 0.3 is 11.9 Å². The summed E-state index contributed by atoms with van der Waals surface area (Å²) in [7, 11) is 0. The van der Waals surface area contributed by atoms with Crippen LogP contribution < -0.4 is 0 Å². The van der Waals surface area contributed by atoms with Gasteiger partial charge in [-0.25, -0.2) is 0 Å². The second kappa shape index (κ2) is 57.4. The molecule has 66 heavy (non-hydrogen) atoms. The maximum atomic E-state index is 12.8. The molecule has 0 spiro atoms. The van der Waals surface area contributed by atoms with Crippen LogP contribution in [0.1, 0.15) is 316 Å². The van der Waals surface area contributed by atoms with E-state index in [1.165, 1.54) is 225 Å². The van der Waals surface area contributed by atoms with Crippen LogP contribution in [0.3, 0.4) is 0 Å². The third-order valence-corrected chi connectivity index (χ3v) is 13.1. The van der Waals surface area contributed by atoms with Gasteiger partial charge in [0, 0.05) is 19.4 Å². The zero-order valence-electron chi connectivity index (χ0n) is 44.7. The van der Waals surface area contributed by atoms with E-state index in [2.05, 4.69) is 57.2 Å². The van der Waals surface area contributed by atoms with Crippen molar-refractivity contribution >= 4 is 11.9 Å². The van der Waals surface area contributed by atoms with Crippen LogP contribution in [0.2, 0.25) is 0 Å². The highest BCUT2D eigenvalue weighted by Crippen LogP contribution is 2.16. The number of hydrogen-bond acceptors (Lipinski definition) is 5. The highest BCUT2D eigenvalue weighted by atomic mass is 16.6. The fourth-order valence-electron chi connectivity index (χ4n) is 8.71. The second-order valence-electron chi connectivity index (χ2n) is 19.9. The van der Waals surface area contributed by atoms with Crippen molar-refractivity contribution in [3.8, 4) is 0 Å². The van der Waals surface area contributed by atoms with E-state index in [0.717, 1.165) is 57.8 Å². The van der Waals surface area contributed by atoms with Crippen LogP contribution in [0.25, 0.3) is 0 Å². The van der Waals surface area contributed by atoms with Crippen LogP contribution in [-0.2, 0) is 23.8 Å². The van der Waals surface area contributed by atoms with E-state index in [0.29, 0.717) is 19.4 Å². The van der Waals surface area contributed by atoms with E-state index >= 15 is 0 Å². The summed E-state index contributed by atoms with van der Waals surface area (Å²) < 4.78 is 17.5.